The van der Waals surface area contributed by atoms with E-state index in [2.05, 4.69) is 20.8 Å². The molecule has 0 amide bonds. The number of esters is 2. The van der Waals surface area contributed by atoms with E-state index in [1.807, 2.05) is 6.92 Å². The average Bonchev–Trinajstić information content (AvgIpc) is 2.79. The van der Waals surface area contributed by atoms with Gasteiger partial charge in [-0.1, -0.05) is 27.7 Å². The van der Waals surface area contributed by atoms with Crippen LogP contribution in [0.2, 0.25) is 0 Å². The predicted octanol–water partition coefficient (Wildman–Crippen LogP) is 4.68. The first-order valence-electron chi connectivity index (χ1n) is 11.3. The van der Waals surface area contributed by atoms with Gasteiger partial charge in [0.05, 0.1) is 0 Å². The Kier molecular flexibility index (Phi) is 4.94. The number of fused-ring (bicyclic) bond motifs is 3. The minimum atomic E-state index is -0.786. The molecule has 8 atom stereocenters. The first-order chi connectivity index (χ1) is 13.8. The standard InChI is InChI=1S/C24H35ClO5/c1-13(26)29-18-8-9-21(3,4)15-7-10-24-12-22(5,20(19(24)28)30-14(2)27)17(25)11-16(24)23(15,18)6/h15-18,20H,7-12H2,1-6H3/t15-,16+,17-,18+,20-,22-,23-,24+/m1/s1. The van der Waals surface area contributed by atoms with Crippen molar-refractivity contribution in [2.24, 2.45) is 33.5 Å². The van der Waals surface area contributed by atoms with Crippen molar-refractivity contribution in [3.63, 3.8) is 0 Å². The van der Waals surface area contributed by atoms with Crippen LogP contribution in [0.5, 0.6) is 0 Å². The summed E-state index contributed by atoms with van der Waals surface area (Å²) in [5, 5.41) is -0.273. The van der Waals surface area contributed by atoms with Crippen molar-refractivity contribution in [3.8, 4) is 0 Å². The first kappa shape index (κ1) is 22.1. The second-order valence-electron chi connectivity index (χ2n) is 11.5. The van der Waals surface area contributed by atoms with Crippen LogP contribution >= 0.6 is 11.6 Å². The van der Waals surface area contributed by atoms with Crippen molar-refractivity contribution in [2.75, 3.05) is 0 Å². The molecule has 0 aromatic rings. The van der Waals surface area contributed by atoms with Crippen LogP contribution in [0.1, 0.15) is 80.1 Å². The zero-order chi connectivity index (χ0) is 22.3. The fourth-order valence-electron chi connectivity index (χ4n) is 8.29. The third kappa shape index (κ3) is 2.76. The van der Waals surface area contributed by atoms with E-state index in [-0.39, 0.29) is 40.0 Å². The number of carbonyl (C=O) groups excluding carboxylic acids is 3. The molecule has 4 aliphatic rings. The summed E-state index contributed by atoms with van der Waals surface area (Å²) in [5.74, 6) is -0.310. The molecule has 0 aromatic heterocycles. The summed E-state index contributed by atoms with van der Waals surface area (Å²) in [6.07, 6.45) is 3.83. The Labute approximate surface area is 184 Å². The van der Waals surface area contributed by atoms with E-state index >= 15 is 0 Å². The summed E-state index contributed by atoms with van der Waals surface area (Å²) in [6, 6.07) is 0. The number of rotatable bonds is 2. The molecule has 0 saturated heterocycles. The predicted molar refractivity (Wildman–Crippen MR) is 113 cm³/mol. The van der Waals surface area contributed by atoms with Crippen LogP contribution < -0.4 is 0 Å². The maximum Gasteiger partial charge on any atom is 0.303 e. The monoisotopic (exact) mass is 438 g/mol. The Hall–Kier alpha value is -1.10. The van der Waals surface area contributed by atoms with Crippen molar-refractivity contribution >= 4 is 29.3 Å². The summed E-state index contributed by atoms with van der Waals surface area (Å²) in [4.78, 5) is 37.7. The third-order valence-electron chi connectivity index (χ3n) is 9.51. The van der Waals surface area contributed by atoms with Gasteiger partial charge in [-0.25, -0.2) is 0 Å². The fraction of sp³-hybridized carbons (Fsp3) is 0.875. The van der Waals surface area contributed by atoms with E-state index in [4.69, 9.17) is 21.1 Å². The summed E-state index contributed by atoms with van der Waals surface area (Å²) in [6.45, 7) is 11.7. The van der Waals surface area contributed by atoms with Gasteiger partial charge in [0.25, 0.3) is 0 Å². The van der Waals surface area contributed by atoms with Gasteiger partial charge in [-0.3, -0.25) is 14.4 Å². The minimum Gasteiger partial charge on any atom is -0.462 e. The Morgan fingerprint density at radius 2 is 1.60 bits per heavy atom. The Morgan fingerprint density at radius 3 is 2.20 bits per heavy atom. The molecular weight excluding hydrogens is 404 g/mol. The van der Waals surface area contributed by atoms with Gasteiger partial charge in [0.15, 0.2) is 11.9 Å². The van der Waals surface area contributed by atoms with Crippen molar-refractivity contribution in [1.82, 2.24) is 0 Å². The number of Topliss-reactive ketones (excluding diaryl/α,β-unsaturated/α-hetero) is 1. The SMILES string of the molecule is CC(=O)O[C@@H]1C(=O)[C@]23CC[C@@H]4C(C)(C)CC[C@H](OC(C)=O)[C@@]4(C)[C@@H]2C[C@@H](Cl)[C@@]1(C)C3. The Bertz CT molecular complexity index is 792. The number of ketones is 1. The van der Waals surface area contributed by atoms with Crippen LogP contribution in [0.3, 0.4) is 0 Å². The lowest BCUT2D eigenvalue weighted by Crippen LogP contribution is -2.64. The molecule has 4 fully saturated rings. The second kappa shape index (κ2) is 6.70. The molecule has 0 N–H and O–H groups in total. The summed E-state index contributed by atoms with van der Waals surface area (Å²) in [7, 11) is 0. The molecule has 30 heavy (non-hydrogen) atoms. The lowest BCUT2D eigenvalue weighted by atomic mass is 9.39. The molecule has 0 heterocycles. The molecule has 0 radical (unpaired) electrons. The van der Waals surface area contributed by atoms with Crippen molar-refractivity contribution in [2.45, 2.75) is 97.7 Å². The average molecular weight is 439 g/mol. The molecule has 6 heteroatoms. The maximum atomic E-state index is 13.9. The van der Waals surface area contributed by atoms with E-state index in [0.29, 0.717) is 18.8 Å². The Balaban J connectivity index is 1.83. The Morgan fingerprint density at radius 1 is 0.967 bits per heavy atom. The zero-order valence-corrected chi connectivity index (χ0v) is 19.8. The van der Waals surface area contributed by atoms with Crippen LogP contribution in [0.15, 0.2) is 0 Å². The molecule has 2 bridgehead atoms. The van der Waals surface area contributed by atoms with Gasteiger partial charge >= 0.3 is 11.9 Å². The van der Waals surface area contributed by atoms with Crippen molar-refractivity contribution < 1.29 is 23.9 Å². The number of halogens is 1. The molecule has 0 aromatic carbocycles. The summed E-state index contributed by atoms with van der Waals surface area (Å²) >= 11 is 6.98. The summed E-state index contributed by atoms with van der Waals surface area (Å²) < 4.78 is 11.5. The lowest BCUT2D eigenvalue weighted by Gasteiger charge is -2.65. The maximum absolute atomic E-state index is 13.9. The molecule has 1 spiro atoms. The number of carbonyl (C=O) groups is 3. The molecule has 5 nitrogen and oxygen atoms in total. The normalized spacial score (nSPS) is 49.0. The van der Waals surface area contributed by atoms with Gasteiger partial charge in [-0.05, 0) is 55.8 Å². The largest absolute Gasteiger partial charge is 0.462 e. The van der Waals surface area contributed by atoms with Crippen LogP contribution in [0.4, 0.5) is 0 Å². The van der Waals surface area contributed by atoms with Crippen LogP contribution in [-0.4, -0.2) is 35.3 Å². The molecule has 0 aliphatic heterocycles. The number of alkyl halides is 1. The van der Waals surface area contributed by atoms with Crippen LogP contribution in [0.25, 0.3) is 0 Å². The van der Waals surface area contributed by atoms with Crippen LogP contribution in [-0.2, 0) is 23.9 Å². The lowest BCUT2D eigenvalue weighted by molar-refractivity contribution is -0.214. The molecule has 4 aliphatic carbocycles. The number of hydrogen-bond acceptors (Lipinski definition) is 5. The first-order valence-corrected chi connectivity index (χ1v) is 11.8. The molecule has 4 rings (SSSR count). The van der Waals surface area contributed by atoms with E-state index < -0.39 is 22.9 Å². The van der Waals surface area contributed by atoms with Gasteiger partial charge in [-0.15, -0.1) is 11.6 Å². The van der Waals surface area contributed by atoms with E-state index in [0.717, 1.165) is 25.7 Å². The smallest absolute Gasteiger partial charge is 0.303 e. The molecule has 168 valence electrons. The van der Waals surface area contributed by atoms with Crippen molar-refractivity contribution in [3.05, 3.63) is 0 Å². The van der Waals surface area contributed by atoms with Gasteiger partial charge in [0, 0.05) is 35.5 Å². The van der Waals surface area contributed by atoms with Crippen molar-refractivity contribution in [1.29, 1.82) is 0 Å². The van der Waals surface area contributed by atoms with E-state index in [1.54, 1.807) is 0 Å². The number of ether oxygens (including phenoxy) is 2. The number of hydrogen-bond donors (Lipinski definition) is 0. The third-order valence-corrected chi connectivity index (χ3v) is 10.2. The highest BCUT2D eigenvalue weighted by Gasteiger charge is 2.75. The molecule has 4 saturated carbocycles. The quantitative estimate of drug-likeness (QED) is 0.462. The van der Waals surface area contributed by atoms with Gasteiger partial charge in [0.1, 0.15) is 6.10 Å². The minimum absolute atomic E-state index is 0.0105. The highest BCUT2D eigenvalue weighted by atomic mass is 35.5. The molecular formula is C24H35ClO5. The van der Waals surface area contributed by atoms with E-state index in [9.17, 15) is 14.4 Å². The second-order valence-corrected chi connectivity index (χ2v) is 12.1. The van der Waals surface area contributed by atoms with E-state index in [1.165, 1.54) is 13.8 Å². The van der Waals surface area contributed by atoms with Crippen LogP contribution in [0, 0.1) is 33.5 Å². The highest BCUT2D eigenvalue weighted by Crippen LogP contribution is 2.73. The topological polar surface area (TPSA) is 69.7 Å². The highest BCUT2D eigenvalue weighted by molar-refractivity contribution is 6.22. The van der Waals surface area contributed by atoms with Gasteiger partial charge in [-0.2, -0.15) is 0 Å². The van der Waals surface area contributed by atoms with Gasteiger partial charge in [0.2, 0.25) is 0 Å². The molecule has 0 unspecified atom stereocenters. The zero-order valence-electron chi connectivity index (χ0n) is 19.0. The summed E-state index contributed by atoms with van der Waals surface area (Å²) in [5.41, 5.74) is -1.34. The fourth-order valence-corrected chi connectivity index (χ4v) is 8.66. The van der Waals surface area contributed by atoms with Gasteiger partial charge < -0.3 is 9.47 Å².